The molecule has 0 aromatic heterocycles. The number of hydrogen-bond acceptors (Lipinski definition) is 4. The van der Waals surface area contributed by atoms with Crippen LogP contribution < -0.4 is 5.32 Å². The number of aliphatic hydroxyl groups excluding tert-OH is 1. The largest absolute Gasteiger partial charge is 0.390 e. The van der Waals surface area contributed by atoms with Gasteiger partial charge in [0.25, 0.3) is 0 Å². The Hall–Kier alpha value is 0.230. The second-order valence-corrected chi connectivity index (χ2v) is 6.86. The molecule has 1 aliphatic heterocycles. The highest BCUT2D eigenvalue weighted by Crippen LogP contribution is 2.36. The zero-order chi connectivity index (χ0) is 12.7. The van der Waals surface area contributed by atoms with Crippen LogP contribution in [-0.2, 0) is 0 Å². The first kappa shape index (κ1) is 15.3. The van der Waals surface area contributed by atoms with Crippen molar-refractivity contribution in [1.29, 1.82) is 0 Å². The summed E-state index contributed by atoms with van der Waals surface area (Å²) >= 11 is 2.06. The van der Waals surface area contributed by atoms with Crippen molar-refractivity contribution >= 4 is 11.8 Å². The quantitative estimate of drug-likeness (QED) is 0.694. The van der Waals surface area contributed by atoms with Crippen molar-refractivity contribution in [3.05, 3.63) is 0 Å². The van der Waals surface area contributed by atoms with Crippen molar-refractivity contribution < 1.29 is 5.11 Å². The molecule has 2 atom stereocenters. The van der Waals surface area contributed by atoms with E-state index in [9.17, 15) is 5.11 Å². The molecule has 0 radical (unpaired) electrons. The predicted molar refractivity (Wildman–Crippen MR) is 76.8 cm³/mol. The van der Waals surface area contributed by atoms with Gasteiger partial charge in [0.1, 0.15) is 0 Å². The Morgan fingerprint density at radius 1 is 1.41 bits per heavy atom. The zero-order valence-corrected chi connectivity index (χ0v) is 12.4. The van der Waals surface area contributed by atoms with E-state index in [4.69, 9.17) is 0 Å². The standard InChI is InChI=1S/C13H28N2OS/c1-4-15(5-2)10-12(16)9-14-11-13(3)7-6-8-17-13/h12,14,16H,4-11H2,1-3H3. The molecule has 0 aliphatic carbocycles. The third kappa shape index (κ3) is 5.60. The lowest BCUT2D eigenvalue weighted by molar-refractivity contribution is 0.116. The lowest BCUT2D eigenvalue weighted by atomic mass is 10.1. The van der Waals surface area contributed by atoms with E-state index in [1.54, 1.807) is 0 Å². The van der Waals surface area contributed by atoms with E-state index < -0.39 is 0 Å². The van der Waals surface area contributed by atoms with Crippen LogP contribution in [0.25, 0.3) is 0 Å². The monoisotopic (exact) mass is 260 g/mol. The van der Waals surface area contributed by atoms with Crippen molar-refractivity contribution in [2.75, 3.05) is 38.5 Å². The van der Waals surface area contributed by atoms with Crippen LogP contribution in [0.4, 0.5) is 0 Å². The molecule has 2 unspecified atom stereocenters. The van der Waals surface area contributed by atoms with Crippen molar-refractivity contribution in [3.8, 4) is 0 Å². The molecule has 102 valence electrons. The second-order valence-electron chi connectivity index (χ2n) is 5.17. The van der Waals surface area contributed by atoms with Gasteiger partial charge in [0, 0.05) is 24.4 Å². The van der Waals surface area contributed by atoms with E-state index in [1.807, 2.05) is 0 Å². The molecular formula is C13H28N2OS. The Labute approximate surface area is 110 Å². The Bertz CT molecular complexity index is 204. The van der Waals surface area contributed by atoms with Crippen LogP contribution in [-0.4, -0.2) is 59.3 Å². The minimum absolute atomic E-state index is 0.245. The Morgan fingerprint density at radius 3 is 2.65 bits per heavy atom. The fourth-order valence-corrected chi connectivity index (χ4v) is 3.60. The smallest absolute Gasteiger partial charge is 0.0791 e. The van der Waals surface area contributed by atoms with E-state index in [1.165, 1.54) is 18.6 Å². The molecule has 3 nitrogen and oxygen atoms in total. The van der Waals surface area contributed by atoms with Crippen LogP contribution in [0.2, 0.25) is 0 Å². The molecule has 1 heterocycles. The van der Waals surface area contributed by atoms with Crippen molar-refractivity contribution in [2.45, 2.75) is 44.5 Å². The number of likely N-dealkylation sites (N-methyl/N-ethyl adjacent to an activating group) is 1. The Morgan fingerprint density at radius 2 is 2.12 bits per heavy atom. The Kier molecular flexibility index (Phi) is 6.85. The van der Waals surface area contributed by atoms with E-state index >= 15 is 0 Å². The van der Waals surface area contributed by atoms with Gasteiger partial charge < -0.3 is 15.3 Å². The minimum atomic E-state index is -0.245. The highest BCUT2D eigenvalue weighted by Gasteiger charge is 2.28. The number of nitrogens with one attached hydrogen (secondary N) is 1. The zero-order valence-electron chi connectivity index (χ0n) is 11.5. The Balaban J connectivity index is 2.13. The summed E-state index contributed by atoms with van der Waals surface area (Å²) in [5.41, 5.74) is 0. The predicted octanol–water partition coefficient (Wildman–Crippen LogP) is 1.56. The molecule has 1 saturated heterocycles. The molecule has 0 saturated carbocycles. The minimum Gasteiger partial charge on any atom is -0.390 e. The van der Waals surface area contributed by atoms with Gasteiger partial charge in [0.15, 0.2) is 0 Å². The van der Waals surface area contributed by atoms with Crippen LogP contribution in [0.15, 0.2) is 0 Å². The molecule has 17 heavy (non-hydrogen) atoms. The lowest BCUT2D eigenvalue weighted by Crippen LogP contribution is -2.41. The molecule has 0 aromatic rings. The molecule has 0 spiro atoms. The number of nitrogens with zero attached hydrogens (tertiary/aromatic N) is 1. The van der Waals surface area contributed by atoms with Gasteiger partial charge in [0.2, 0.25) is 0 Å². The number of thioether (sulfide) groups is 1. The average molecular weight is 260 g/mol. The lowest BCUT2D eigenvalue weighted by Gasteiger charge is -2.26. The molecule has 1 aliphatic rings. The maximum Gasteiger partial charge on any atom is 0.0791 e. The fraction of sp³-hybridized carbons (Fsp3) is 1.00. The van der Waals surface area contributed by atoms with Gasteiger partial charge in [-0.25, -0.2) is 0 Å². The molecule has 0 amide bonds. The summed E-state index contributed by atoms with van der Waals surface area (Å²) in [6.07, 6.45) is 2.40. The van der Waals surface area contributed by atoms with Gasteiger partial charge in [-0.3, -0.25) is 0 Å². The summed E-state index contributed by atoms with van der Waals surface area (Å²) < 4.78 is 0.398. The van der Waals surface area contributed by atoms with E-state index in [2.05, 4.69) is 42.7 Å². The molecule has 0 aromatic carbocycles. The summed E-state index contributed by atoms with van der Waals surface area (Å²) in [6.45, 7) is 11.2. The van der Waals surface area contributed by atoms with Crippen LogP contribution in [0.1, 0.15) is 33.6 Å². The summed E-state index contributed by atoms with van der Waals surface area (Å²) in [6, 6.07) is 0. The van der Waals surface area contributed by atoms with Gasteiger partial charge in [-0.05, 0) is 38.6 Å². The van der Waals surface area contributed by atoms with Gasteiger partial charge in [-0.2, -0.15) is 11.8 Å². The van der Waals surface area contributed by atoms with Gasteiger partial charge in [-0.1, -0.05) is 13.8 Å². The molecular weight excluding hydrogens is 232 g/mol. The van der Waals surface area contributed by atoms with Crippen LogP contribution in [0, 0.1) is 0 Å². The van der Waals surface area contributed by atoms with Crippen LogP contribution in [0.3, 0.4) is 0 Å². The summed E-state index contributed by atoms with van der Waals surface area (Å²) in [5.74, 6) is 1.29. The SMILES string of the molecule is CCN(CC)CC(O)CNCC1(C)CCCS1. The topological polar surface area (TPSA) is 35.5 Å². The first-order valence-corrected chi connectivity index (χ1v) is 7.83. The average Bonchev–Trinajstić information content (AvgIpc) is 2.73. The van der Waals surface area contributed by atoms with Gasteiger partial charge >= 0.3 is 0 Å². The number of aliphatic hydroxyl groups is 1. The summed E-state index contributed by atoms with van der Waals surface area (Å²) in [7, 11) is 0. The van der Waals surface area contributed by atoms with Crippen LogP contribution >= 0.6 is 11.8 Å². The van der Waals surface area contributed by atoms with E-state index in [0.717, 1.165) is 26.2 Å². The highest BCUT2D eigenvalue weighted by molar-refractivity contribution is 8.00. The fourth-order valence-electron chi connectivity index (χ4n) is 2.32. The third-order valence-corrected chi connectivity index (χ3v) is 5.08. The maximum absolute atomic E-state index is 9.93. The van der Waals surface area contributed by atoms with Crippen molar-refractivity contribution in [1.82, 2.24) is 10.2 Å². The number of rotatable bonds is 8. The molecule has 0 bridgehead atoms. The normalized spacial score (nSPS) is 26.6. The van der Waals surface area contributed by atoms with Crippen LogP contribution in [0.5, 0.6) is 0 Å². The van der Waals surface area contributed by atoms with Gasteiger partial charge in [0.05, 0.1) is 6.10 Å². The maximum atomic E-state index is 9.93. The molecule has 2 N–H and O–H groups in total. The number of hydrogen-bond donors (Lipinski definition) is 2. The third-order valence-electron chi connectivity index (χ3n) is 3.54. The molecule has 4 heteroatoms. The van der Waals surface area contributed by atoms with E-state index in [0.29, 0.717) is 11.3 Å². The van der Waals surface area contributed by atoms with Crippen molar-refractivity contribution in [2.24, 2.45) is 0 Å². The van der Waals surface area contributed by atoms with Gasteiger partial charge in [-0.15, -0.1) is 0 Å². The highest BCUT2D eigenvalue weighted by atomic mass is 32.2. The van der Waals surface area contributed by atoms with E-state index in [-0.39, 0.29) is 6.10 Å². The molecule has 1 rings (SSSR count). The first-order chi connectivity index (χ1) is 8.09. The molecule has 1 fully saturated rings. The first-order valence-electron chi connectivity index (χ1n) is 6.84. The summed E-state index contributed by atoms with van der Waals surface area (Å²) in [4.78, 5) is 2.26. The summed E-state index contributed by atoms with van der Waals surface area (Å²) in [5, 5.41) is 13.4. The van der Waals surface area contributed by atoms with Crippen molar-refractivity contribution in [3.63, 3.8) is 0 Å². The second kappa shape index (κ2) is 7.62.